The van der Waals surface area contributed by atoms with Crippen molar-refractivity contribution in [3.8, 4) is 0 Å². The molecule has 3 rings (SSSR count). The standard InChI is InChI=1S/C11H8ClFN2O2S/c1-11(9(16)17)4-15-6-3-2-5(13)7(12)8(6)18-10(15)14-11/h2-3H,4H2,1H3,(H,16,17)/t11-/m1/s1. The van der Waals surface area contributed by atoms with E-state index >= 15 is 0 Å². The number of carbonyl (C=O) groups is 1. The Labute approximate surface area is 111 Å². The van der Waals surface area contributed by atoms with Gasteiger partial charge in [0.15, 0.2) is 10.7 Å². The number of anilines is 1. The van der Waals surface area contributed by atoms with Crippen molar-refractivity contribution in [1.82, 2.24) is 0 Å². The number of thioether (sulfide) groups is 1. The summed E-state index contributed by atoms with van der Waals surface area (Å²) in [5, 5.41) is 9.76. The second-order valence-electron chi connectivity index (χ2n) is 4.37. The zero-order valence-electron chi connectivity index (χ0n) is 9.28. The van der Waals surface area contributed by atoms with E-state index in [2.05, 4.69) is 4.99 Å². The fourth-order valence-electron chi connectivity index (χ4n) is 1.99. The Hall–Kier alpha value is -1.27. The fourth-order valence-corrected chi connectivity index (χ4v) is 3.43. The Bertz CT molecular complexity index is 607. The Morgan fingerprint density at radius 3 is 3.06 bits per heavy atom. The zero-order valence-corrected chi connectivity index (χ0v) is 10.8. The molecule has 0 aliphatic carbocycles. The summed E-state index contributed by atoms with van der Waals surface area (Å²) in [4.78, 5) is 17.7. The molecule has 18 heavy (non-hydrogen) atoms. The fraction of sp³-hybridized carbons (Fsp3) is 0.273. The van der Waals surface area contributed by atoms with Crippen LogP contribution in [0.25, 0.3) is 0 Å². The molecule has 0 radical (unpaired) electrons. The van der Waals surface area contributed by atoms with Gasteiger partial charge in [-0.25, -0.2) is 14.2 Å². The lowest BCUT2D eigenvalue weighted by Crippen LogP contribution is -2.39. The third kappa shape index (κ3) is 1.45. The molecule has 0 spiro atoms. The summed E-state index contributed by atoms with van der Waals surface area (Å²) < 4.78 is 13.3. The Balaban J connectivity index is 2.07. The van der Waals surface area contributed by atoms with Gasteiger partial charge in [0.25, 0.3) is 0 Å². The third-order valence-electron chi connectivity index (χ3n) is 3.01. The second-order valence-corrected chi connectivity index (χ2v) is 5.73. The van der Waals surface area contributed by atoms with Crippen LogP contribution < -0.4 is 4.90 Å². The molecule has 0 saturated carbocycles. The van der Waals surface area contributed by atoms with Gasteiger partial charge in [-0.1, -0.05) is 11.6 Å². The smallest absolute Gasteiger partial charge is 0.333 e. The van der Waals surface area contributed by atoms with Crippen molar-refractivity contribution < 1.29 is 14.3 Å². The van der Waals surface area contributed by atoms with E-state index in [1.807, 2.05) is 0 Å². The quantitative estimate of drug-likeness (QED) is 0.862. The molecule has 4 nitrogen and oxygen atoms in total. The van der Waals surface area contributed by atoms with Gasteiger partial charge in [0.1, 0.15) is 5.82 Å². The van der Waals surface area contributed by atoms with E-state index in [9.17, 15) is 9.18 Å². The predicted molar refractivity (Wildman–Crippen MR) is 68.1 cm³/mol. The van der Waals surface area contributed by atoms with Crippen molar-refractivity contribution in [2.45, 2.75) is 17.4 Å². The lowest BCUT2D eigenvalue weighted by molar-refractivity contribution is -0.141. The number of carboxylic acid groups (broad SMARTS) is 1. The van der Waals surface area contributed by atoms with Crippen LogP contribution in [0.15, 0.2) is 22.0 Å². The molecule has 94 valence electrons. The molecular weight excluding hydrogens is 279 g/mol. The van der Waals surface area contributed by atoms with E-state index in [0.717, 1.165) is 5.69 Å². The van der Waals surface area contributed by atoms with E-state index in [1.54, 1.807) is 17.9 Å². The number of benzene rings is 1. The second kappa shape index (κ2) is 3.61. The van der Waals surface area contributed by atoms with Gasteiger partial charge in [-0.2, -0.15) is 0 Å². The summed E-state index contributed by atoms with van der Waals surface area (Å²) in [6, 6.07) is 2.88. The normalized spacial score (nSPS) is 24.8. The first-order chi connectivity index (χ1) is 8.42. The topological polar surface area (TPSA) is 52.9 Å². The maximum absolute atomic E-state index is 13.3. The van der Waals surface area contributed by atoms with Gasteiger partial charge >= 0.3 is 5.97 Å². The van der Waals surface area contributed by atoms with Gasteiger partial charge in [0.05, 0.1) is 22.2 Å². The molecule has 0 fully saturated rings. The number of aliphatic imine (C=N–C) groups is 1. The number of aliphatic carboxylic acids is 1. The van der Waals surface area contributed by atoms with E-state index in [4.69, 9.17) is 16.7 Å². The predicted octanol–water partition coefficient (Wildman–Crippen LogP) is 2.60. The molecule has 2 aliphatic heterocycles. The van der Waals surface area contributed by atoms with Gasteiger partial charge in [-0.05, 0) is 30.8 Å². The van der Waals surface area contributed by atoms with Crippen molar-refractivity contribution in [1.29, 1.82) is 0 Å². The highest BCUT2D eigenvalue weighted by molar-refractivity contribution is 8.15. The first kappa shape index (κ1) is 11.8. The summed E-state index contributed by atoms with van der Waals surface area (Å²) in [6.45, 7) is 1.80. The highest BCUT2D eigenvalue weighted by Crippen LogP contribution is 2.48. The van der Waals surface area contributed by atoms with E-state index in [-0.39, 0.29) is 11.6 Å². The van der Waals surface area contributed by atoms with E-state index in [1.165, 1.54) is 17.8 Å². The van der Waals surface area contributed by atoms with Crippen LogP contribution in [-0.2, 0) is 4.79 Å². The zero-order chi connectivity index (χ0) is 13.1. The minimum Gasteiger partial charge on any atom is -0.479 e. The van der Waals surface area contributed by atoms with Gasteiger partial charge in [-0.15, -0.1) is 0 Å². The number of hydrogen-bond donors (Lipinski definition) is 1. The number of amidine groups is 1. The molecule has 0 unspecified atom stereocenters. The van der Waals surface area contributed by atoms with Gasteiger partial charge < -0.3 is 10.0 Å². The summed E-state index contributed by atoms with van der Waals surface area (Å²) in [5.74, 6) is -1.45. The van der Waals surface area contributed by atoms with Crippen molar-refractivity contribution in [3.63, 3.8) is 0 Å². The van der Waals surface area contributed by atoms with Gasteiger partial charge in [0.2, 0.25) is 0 Å². The Morgan fingerprint density at radius 1 is 1.67 bits per heavy atom. The molecular formula is C11H8ClFN2O2S. The summed E-state index contributed by atoms with van der Waals surface area (Å²) in [6.07, 6.45) is 0. The van der Waals surface area contributed by atoms with Crippen LogP contribution in [0.4, 0.5) is 10.1 Å². The summed E-state index contributed by atoms with van der Waals surface area (Å²) in [7, 11) is 0. The average molecular weight is 287 g/mol. The van der Waals surface area contributed by atoms with Crippen LogP contribution in [-0.4, -0.2) is 28.3 Å². The van der Waals surface area contributed by atoms with Crippen LogP contribution in [0.3, 0.4) is 0 Å². The number of nitrogens with zero attached hydrogens (tertiary/aromatic N) is 2. The SMILES string of the molecule is C[C@]1(C(=O)O)CN2C(=N1)Sc1c2ccc(F)c1Cl. The monoisotopic (exact) mass is 286 g/mol. The van der Waals surface area contributed by atoms with Crippen molar-refractivity contribution in [2.75, 3.05) is 11.4 Å². The molecule has 1 atom stereocenters. The van der Waals surface area contributed by atoms with Gasteiger partial charge in [0, 0.05) is 0 Å². The number of hydrogen-bond acceptors (Lipinski definition) is 4. The van der Waals surface area contributed by atoms with E-state index < -0.39 is 17.3 Å². The lowest BCUT2D eigenvalue weighted by atomic mass is 10.0. The molecule has 0 aromatic heterocycles. The van der Waals surface area contributed by atoms with Crippen molar-refractivity contribution in [2.24, 2.45) is 4.99 Å². The highest BCUT2D eigenvalue weighted by Gasteiger charge is 2.46. The minimum absolute atomic E-state index is 0.0617. The minimum atomic E-state index is -1.15. The molecule has 0 bridgehead atoms. The number of fused-ring (bicyclic) bond motifs is 3. The third-order valence-corrected chi connectivity index (χ3v) is 4.61. The maximum Gasteiger partial charge on any atom is 0.333 e. The summed E-state index contributed by atoms with van der Waals surface area (Å²) in [5.41, 5.74) is -0.434. The lowest BCUT2D eigenvalue weighted by Gasteiger charge is -2.19. The molecule has 2 aliphatic rings. The molecule has 1 aromatic rings. The largest absolute Gasteiger partial charge is 0.479 e. The molecule has 0 amide bonds. The molecule has 7 heteroatoms. The Kier molecular flexibility index (Phi) is 2.37. The Morgan fingerprint density at radius 2 is 2.39 bits per heavy atom. The number of halogens is 2. The van der Waals surface area contributed by atoms with Crippen LogP contribution in [0, 0.1) is 5.82 Å². The van der Waals surface area contributed by atoms with Crippen LogP contribution in [0.1, 0.15) is 6.92 Å². The summed E-state index contributed by atoms with van der Waals surface area (Å²) >= 11 is 7.10. The number of carboxylic acids is 1. The van der Waals surface area contributed by atoms with Crippen LogP contribution in [0.5, 0.6) is 0 Å². The average Bonchev–Trinajstić information content (AvgIpc) is 2.79. The molecule has 2 heterocycles. The van der Waals surface area contributed by atoms with Crippen molar-refractivity contribution >= 4 is 40.2 Å². The molecule has 0 saturated heterocycles. The molecule has 1 aromatic carbocycles. The number of rotatable bonds is 1. The highest BCUT2D eigenvalue weighted by atomic mass is 35.5. The van der Waals surface area contributed by atoms with Gasteiger partial charge in [-0.3, -0.25) is 0 Å². The van der Waals surface area contributed by atoms with Crippen molar-refractivity contribution in [3.05, 3.63) is 23.0 Å². The first-order valence-electron chi connectivity index (χ1n) is 5.19. The first-order valence-corrected chi connectivity index (χ1v) is 6.38. The maximum atomic E-state index is 13.3. The van der Waals surface area contributed by atoms with Crippen LogP contribution >= 0.6 is 23.4 Å². The van der Waals surface area contributed by atoms with E-state index in [0.29, 0.717) is 10.1 Å². The molecule has 1 N–H and O–H groups in total. The van der Waals surface area contributed by atoms with Crippen LogP contribution in [0.2, 0.25) is 5.02 Å².